The fraction of sp³-hybridized carbons (Fsp3) is 0.105. The number of rotatable bonds is 5. The van der Waals surface area contributed by atoms with Crippen molar-refractivity contribution < 1.29 is 13.5 Å². The lowest BCUT2D eigenvalue weighted by Gasteiger charge is -2.11. The summed E-state index contributed by atoms with van der Waals surface area (Å²) in [4.78, 5) is 22.0. The van der Waals surface area contributed by atoms with Crippen LogP contribution in [0.1, 0.15) is 5.56 Å². The van der Waals surface area contributed by atoms with Gasteiger partial charge in [-0.05, 0) is 23.8 Å². The fourth-order valence-electron chi connectivity index (χ4n) is 2.70. The van der Waals surface area contributed by atoms with Crippen molar-refractivity contribution in [2.75, 3.05) is 6.61 Å². The molecule has 0 unspecified atom stereocenters. The molecule has 0 amide bonds. The van der Waals surface area contributed by atoms with Gasteiger partial charge in [-0.15, -0.1) is 0 Å². The van der Waals surface area contributed by atoms with Crippen molar-refractivity contribution in [2.45, 2.75) is 6.42 Å². The van der Waals surface area contributed by atoms with Crippen LogP contribution in [0.15, 0.2) is 64.1 Å². The van der Waals surface area contributed by atoms with E-state index >= 15 is 0 Å². The maximum atomic E-state index is 13.8. The fourth-order valence-corrected chi connectivity index (χ4v) is 2.70. The zero-order valence-corrected chi connectivity index (χ0v) is 13.6. The topological polar surface area (TPSA) is 81.0 Å². The highest BCUT2D eigenvalue weighted by molar-refractivity contribution is 5.87. The lowest BCUT2D eigenvalue weighted by molar-refractivity contribution is 0.322. The van der Waals surface area contributed by atoms with Crippen LogP contribution in [0.2, 0.25) is 0 Å². The van der Waals surface area contributed by atoms with E-state index in [4.69, 9.17) is 9.15 Å². The minimum absolute atomic E-state index is 0.163. The van der Waals surface area contributed by atoms with Gasteiger partial charge in [0.1, 0.15) is 23.6 Å². The van der Waals surface area contributed by atoms with Gasteiger partial charge in [-0.2, -0.15) is 0 Å². The van der Waals surface area contributed by atoms with Gasteiger partial charge in [0.25, 0.3) is 0 Å². The van der Waals surface area contributed by atoms with E-state index in [0.29, 0.717) is 30.0 Å². The third-order valence-corrected chi connectivity index (χ3v) is 3.91. The average Bonchev–Trinajstić information content (AvgIpc) is 3.04. The third kappa shape index (κ3) is 3.19. The Bertz CT molecular complexity index is 1110. The van der Waals surface area contributed by atoms with Crippen molar-refractivity contribution in [1.82, 2.24) is 15.0 Å². The number of aromatic nitrogens is 3. The van der Waals surface area contributed by atoms with Crippen LogP contribution in [0.4, 0.5) is 4.39 Å². The molecule has 7 heteroatoms. The Morgan fingerprint density at radius 1 is 1.12 bits per heavy atom. The molecule has 0 atom stereocenters. The SMILES string of the molecule is O=c1[nH]c2ncnc(-c3cc(F)ccc3OCCc3ccccc3)c2o1. The molecule has 2 aromatic carbocycles. The summed E-state index contributed by atoms with van der Waals surface area (Å²) in [6.07, 6.45) is 1.98. The number of H-pyrrole nitrogens is 1. The number of benzene rings is 2. The molecule has 0 spiro atoms. The smallest absolute Gasteiger partial charge is 0.418 e. The molecule has 2 heterocycles. The first-order valence-corrected chi connectivity index (χ1v) is 8.01. The highest BCUT2D eigenvalue weighted by Gasteiger charge is 2.16. The third-order valence-electron chi connectivity index (χ3n) is 3.91. The highest BCUT2D eigenvalue weighted by atomic mass is 19.1. The molecule has 6 nitrogen and oxygen atoms in total. The average molecular weight is 351 g/mol. The van der Waals surface area contributed by atoms with Crippen LogP contribution in [0.25, 0.3) is 22.5 Å². The van der Waals surface area contributed by atoms with Crippen LogP contribution in [0.5, 0.6) is 5.75 Å². The van der Waals surface area contributed by atoms with E-state index < -0.39 is 11.6 Å². The first kappa shape index (κ1) is 16.0. The zero-order chi connectivity index (χ0) is 17.9. The van der Waals surface area contributed by atoms with Gasteiger partial charge in [0.15, 0.2) is 5.65 Å². The van der Waals surface area contributed by atoms with Crippen molar-refractivity contribution in [3.8, 4) is 17.0 Å². The quantitative estimate of drug-likeness (QED) is 0.596. The van der Waals surface area contributed by atoms with Gasteiger partial charge in [-0.3, -0.25) is 4.98 Å². The number of fused-ring (bicyclic) bond motifs is 1. The van der Waals surface area contributed by atoms with Crippen molar-refractivity contribution >= 4 is 11.2 Å². The number of halogens is 1. The molecule has 0 saturated carbocycles. The molecule has 0 radical (unpaired) electrons. The van der Waals surface area contributed by atoms with Gasteiger partial charge >= 0.3 is 5.76 Å². The molecule has 26 heavy (non-hydrogen) atoms. The van der Waals surface area contributed by atoms with Gasteiger partial charge in [0.2, 0.25) is 5.58 Å². The number of oxazole rings is 1. The second-order valence-electron chi connectivity index (χ2n) is 5.64. The van der Waals surface area contributed by atoms with E-state index in [0.717, 1.165) is 5.56 Å². The van der Waals surface area contributed by atoms with Crippen LogP contribution >= 0.6 is 0 Å². The van der Waals surface area contributed by atoms with E-state index in [1.54, 1.807) is 0 Å². The van der Waals surface area contributed by atoms with E-state index in [1.807, 2.05) is 30.3 Å². The summed E-state index contributed by atoms with van der Waals surface area (Å²) in [5.41, 5.74) is 2.24. The molecule has 0 saturated heterocycles. The molecule has 130 valence electrons. The maximum Gasteiger partial charge on any atom is 0.418 e. The Morgan fingerprint density at radius 2 is 1.96 bits per heavy atom. The monoisotopic (exact) mass is 351 g/mol. The number of nitrogens with one attached hydrogen (secondary N) is 1. The standard InChI is InChI=1S/C19H14FN3O3/c20-13-6-7-15(25-9-8-12-4-2-1-3-5-12)14(10-13)16-17-18(22-11-21-16)23-19(24)26-17/h1-7,10-11H,8-9H2,(H,21,22,23,24). The number of hydrogen-bond donors (Lipinski definition) is 1. The molecule has 2 aromatic heterocycles. The summed E-state index contributed by atoms with van der Waals surface area (Å²) in [5.74, 6) is -0.643. The number of hydrogen-bond acceptors (Lipinski definition) is 5. The summed E-state index contributed by atoms with van der Waals surface area (Å²) < 4.78 is 24.8. The Hall–Kier alpha value is -3.48. The summed E-state index contributed by atoms with van der Waals surface area (Å²) in [5, 5.41) is 0. The Labute approximate surface area is 147 Å². The van der Waals surface area contributed by atoms with Crippen molar-refractivity contribution in [3.05, 3.63) is 76.8 Å². The molecule has 0 aliphatic carbocycles. The largest absolute Gasteiger partial charge is 0.493 e. The maximum absolute atomic E-state index is 13.8. The Kier molecular flexibility index (Phi) is 4.18. The van der Waals surface area contributed by atoms with Gasteiger partial charge in [0.05, 0.1) is 6.61 Å². The summed E-state index contributed by atoms with van der Waals surface area (Å²) >= 11 is 0. The number of nitrogens with zero attached hydrogens (tertiary/aromatic N) is 2. The van der Waals surface area contributed by atoms with Gasteiger partial charge in [-0.1, -0.05) is 30.3 Å². The first-order valence-electron chi connectivity index (χ1n) is 8.01. The Morgan fingerprint density at radius 3 is 2.81 bits per heavy atom. The molecule has 0 fully saturated rings. The van der Waals surface area contributed by atoms with E-state index in [-0.39, 0.29) is 11.2 Å². The molecule has 4 rings (SSSR count). The predicted octanol–water partition coefficient (Wildman–Crippen LogP) is 3.34. The van der Waals surface area contributed by atoms with E-state index in [1.165, 1.54) is 24.5 Å². The van der Waals surface area contributed by atoms with Crippen molar-refractivity contribution in [3.63, 3.8) is 0 Å². The molecule has 4 aromatic rings. The number of aromatic amines is 1. The molecular weight excluding hydrogens is 337 g/mol. The second kappa shape index (κ2) is 6.79. The van der Waals surface area contributed by atoms with Gasteiger partial charge < -0.3 is 9.15 Å². The normalized spacial score (nSPS) is 11.0. The van der Waals surface area contributed by atoms with Crippen LogP contribution in [0.3, 0.4) is 0 Å². The molecule has 1 N–H and O–H groups in total. The summed E-state index contributed by atoms with van der Waals surface area (Å²) in [6.45, 7) is 0.411. The van der Waals surface area contributed by atoms with Gasteiger partial charge in [-0.25, -0.2) is 19.2 Å². The molecule has 0 bridgehead atoms. The Balaban J connectivity index is 1.67. The zero-order valence-electron chi connectivity index (χ0n) is 13.6. The second-order valence-corrected chi connectivity index (χ2v) is 5.64. The van der Waals surface area contributed by atoms with Crippen LogP contribution in [-0.2, 0) is 6.42 Å². The van der Waals surface area contributed by atoms with Gasteiger partial charge in [0, 0.05) is 12.0 Å². The van der Waals surface area contributed by atoms with E-state index in [9.17, 15) is 9.18 Å². The minimum Gasteiger partial charge on any atom is -0.493 e. The van der Waals surface area contributed by atoms with Crippen LogP contribution < -0.4 is 10.5 Å². The molecular formula is C19H14FN3O3. The highest BCUT2D eigenvalue weighted by Crippen LogP contribution is 2.33. The lowest BCUT2D eigenvalue weighted by Crippen LogP contribution is -2.03. The minimum atomic E-state index is -0.648. The summed E-state index contributed by atoms with van der Waals surface area (Å²) in [6, 6.07) is 14.0. The van der Waals surface area contributed by atoms with E-state index in [2.05, 4.69) is 15.0 Å². The molecule has 0 aliphatic heterocycles. The van der Waals surface area contributed by atoms with Crippen LogP contribution in [0, 0.1) is 5.82 Å². The van der Waals surface area contributed by atoms with Crippen LogP contribution in [-0.4, -0.2) is 21.6 Å². The summed E-state index contributed by atoms with van der Waals surface area (Å²) in [7, 11) is 0. The lowest BCUT2D eigenvalue weighted by atomic mass is 10.1. The predicted molar refractivity (Wildman–Crippen MR) is 93.5 cm³/mol. The first-order chi connectivity index (χ1) is 12.7. The molecule has 0 aliphatic rings. The number of ether oxygens (including phenoxy) is 1. The van der Waals surface area contributed by atoms with Crippen molar-refractivity contribution in [1.29, 1.82) is 0 Å². The van der Waals surface area contributed by atoms with Crippen molar-refractivity contribution in [2.24, 2.45) is 0 Å².